The van der Waals surface area contributed by atoms with Gasteiger partial charge >= 0.3 is 0 Å². The Morgan fingerprint density at radius 2 is 0.844 bits per heavy atom. The van der Waals surface area contributed by atoms with Crippen LogP contribution in [0.5, 0.6) is 0 Å². The quantitative estimate of drug-likeness (QED) is 0.205. The van der Waals surface area contributed by atoms with Gasteiger partial charge in [0.25, 0.3) is 0 Å². The summed E-state index contributed by atoms with van der Waals surface area (Å²) in [5.41, 5.74) is 16.3. The van der Waals surface area contributed by atoms with Gasteiger partial charge in [-0.3, -0.25) is 0 Å². The third kappa shape index (κ3) is 3.57. The molecule has 0 spiro atoms. The molecule has 0 atom stereocenters. The maximum absolute atomic E-state index is 6.30. The van der Waals surface area contributed by atoms with Gasteiger partial charge in [-0.25, -0.2) is 0 Å². The van der Waals surface area contributed by atoms with E-state index in [1.165, 1.54) is 66.4 Å². The molecule has 0 radical (unpaired) electrons. The van der Waals surface area contributed by atoms with Crippen LogP contribution in [0.25, 0.3) is 88.4 Å². The van der Waals surface area contributed by atoms with Gasteiger partial charge in [0, 0.05) is 21.5 Å². The van der Waals surface area contributed by atoms with Crippen molar-refractivity contribution < 1.29 is 8.83 Å². The number of hydrogen-bond donors (Lipinski definition) is 0. The Balaban J connectivity index is 1.21. The van der Waals surface area contributed by atoms with Crippen molar-refractivity contribution in [1.82, 2.24) is 0 Å². The second-order valence-corrected chi connectivity index (χ2v) is 12.0. The van der Waals surface area contributed by atoms with Gasteiger partial charge in [-0.1, -0.05) is 115 Å². The lowest BCUT2D eigenvalue weighted by Gasteiger charge is -2.15. The van der Waals surface area contributed by atoms with Crippen LogP contribution in [0.15, 0.2) is 154 Å². The van der Waals surface area contributed by atoms with E-state index < -0.39 is 0 Å². The molecule has 0 saturated carbocycles. The summed E-state index contributed by atoms with van der Waals surface area (Å²) in [5.74, 6) is 0. The molecule has 0 fully saturated rings. The highest BCUT2D eigenvalue weighted by Crippen LogP contribution is 2.47. The Labute approximate surface area is 259 Å². The van der Waals surface area contributed by atoms with Crippen molar-refractivity contribution in [1.29, 1.82) is 0 Å². The summed E-state index contributed by atoms with van der Waals surface area (Å²) in [5, 5.41) is 4.65. The third-order valence-electron chi connectivity index (χ3n) is 9.57. The molecule has 2 heteroatoms. The molecular formula is C43H26O2. The smallest absolute Gasteiger partial charge is 0.136 e. The average Bonchev–Trinajstić information content (AvgIpc) is 3.63. The van der Waals surface area contributed by atoms with Crippen molar-refractivity contribution >= 4 is 43.9 Å². The second-order valence-electron chi connectivity index (χ2n) is 12.0. The number of fused-ring (bicyclic) bond motifs is 11. The molecule has 1 aliphatic carbocycles. The molecule has 0 N–H and O–H groups in total. The number of benzene rings is 7. The first-order chi connectivity index (χ1) is 22.3. The monoisotopic (exact) mass is 574 g/mol. The lowest BCUT2D eigenvalue weighted by molar-refractivity contribution is 0.668. The summed E-state index contributed by atoms with van der Waals surface area (Å²) < 4.78 is 12.5. The minimum atomic E-state index is 0.834. The molecule has 7 aromatic carbocycles. The molecule has 2 aromatic heterocycles. The highest BCUT2D eigenvalue weighted by atomic mass is 16.3. The molecule has 0 unspecified atom stereocenters. The largest absolute Gasteiger partial charge is 0.456 e. The molecule has 0 saturated heterocycles. The molecule has 45 heavy (non-hydrogen) atoms. The van der Waals surface area contributed by atoms with Gasteiger partial charge in [0.15, 0.2) is 0 Å². The van der Waals surface area contributed by atoms with Gasteiger partial charge in [0.05, 0.1) is 0 Å². The zero-order valence-electron chi connectivity index (χ0n) is 24.4. The Bertz CT molecular complexity index is 2620. The standard InChI is InChI=1S/C43H26O2/c1-2-11-30-29(10-1)31-15-7-16-32(33-17-9-21-41-43(33)35-13-4-6-19-39(35)45-41)37(31)25-27-23-22-26(24-36(27)30)28-14-8-20-40-42(28)34-12-3-5-18-38(34)44-40/h1-24H,25H2. The van der Waals surface area contributed by atoms with Crippen LogP contribution in [-0.4, -0.2) is 0 Å². The molecule has 210 valence electrons. The molecule has 0 bridgehead atoms. The van der Waals surface area contributed by atoms with E-state index in [4.69, 9.17) is 8.83 Å². The fourth-order valence-electron chi connectivity index (χ4n) is 7.59. The van der Waals surface area contributed by atoms with E-state index in [1.54, 1.807) is 0 Å². The van der Waals surface area contributed by atoms with E-state index in [2.05, 4.69) is 127 Å². The van der Waals surface area contributed by atoms with Crippen molar-refractivity contribution in [2.75, 3.05) is 0 Å². The molecule has 1 aliphatic rings. The lowest BCUT2D eigenvalue weighted by atomic mass is 9.88. The minimum absolute atomic E-state index is 0.834. The van der Waals surface area contributed by atoms with Crippen molar-refractivity contribution in [2.24, 2.45) is 0 Å². The van der Waals surface area contributed by atoms with Crippen LogP contribution in [0, 0.1) is 0 Å². The third-order valence-corrected chi connectivity index (χ3v) is 9.57. The van der Waals surface area contributed by atoms with Gasteiger partial charge in [-0.05, 0) is 92.4 Å². The fourth-order valence-corrected chi connectivity index (χ4v) is 7.59. The zero-order chi connectivity index (χ0) is 29.5. The number of hydrogen-bond acceptors (Lipinski definition) is 2. The number of para-hydroxylation sites is 2. The minimum Gasteiger partial charge on any atom is -0.456 e. The zero-order valence-corrected chi connectivity index (χ0v) is 24.4. The highest BCUT2D eigenvalue weighted by Gasteiger charge is 2.24. The molecule has 10 rings (SSSR count). The van der Waals surface area contributed by atoms with Crippen molar-refractivity contribution in [3.8, 4) is 44.5 Å². The Morgan fingerprint density at radius 1 is 0.356 bits per heavy atom. The predicted molar refractivity (Wildman–Crippen MR) is 186 cm³/mol. The van der Waals surface area contributed by atoms with Crippen LogP contribution in [0.3, 0.4) is 0 Å². The summed E-state index contributed by atoms with van der Waals surface area (Å²) in [6.07, 6.45) is 0.834. The van der Waals surface area contributed by atoms with E-state index >= 15 is 0 Å². The molecule has 2 heterocycles. The SMILES string of the molecule is c1ccc2c(c1)-c1cc(-c3cccc4oc5ccccc5c34)ccc1Cc1c-2cccc1-c1cccc2oc3ccccc3c12. The van der Waals surface area contributed by atoms with Gasteiger partial charge in [-0.2, -0.15) is 0 Å². The summed E-state index contributed by atoms with van der Waals surface area (Å²) in [4.78, 5) is 0. The molecule has 2 nitrogen and oxygen atoms in total. The topological polar surface area (TPSA) is 26.3 Å². The van der Waals surface area contributed by atoms with Crippen molar-refractivity contribution in [3.05, 3.63) is 157 Å². The lowest BCUT2D eigenvalue weighted by Crippen LogP contribution is -1.95. The van der Waals surface area contributed by atoms with E-state index in [-0.39, 0.29) is 0 Å². The molecular weight excluding hydrogens is 548 g/mol. The summed E-state index contributed by atoms with van der Waals surface area (Å²) in [6.45, 7) is 0. The maximum Gasteiger partial charge on any atom is 0.136 e. The van der Waals surface area contributed by atoms with Crippen LogP contribution in [0.1, 0.15) is 11.1 Å². The van der Waals surface area contributed by atoms with Crippen molar-refractivity contribution in [2.45, 2.75) is 6.42 Å². The van der Waals surface area contributed by atoms with Gasteiger partial charge in [-0.15, -0.1) is 0 Å². The highest BCUT2D eigenvalue weighted by molar-refractivity contribution is 6.14. The first-order valence-electron chi connectivity index (χ1n) is 15.5. The van der Waals surface area contributed by atoms with E-state index in [1.807, 2.05) is 18.2 Å². The van der Waals surface area contributed by atoms with Crippen LogP contribution in [0.2, 0.25) is 0 Å². The van der Waals surface area contributed by atoms with Crippen LogP contribution in [0.4, 0.5) is 0 Å². The summed E-state index contributed by atoms with van der Waals surface area (Å²) in [7, 11) is 0. The van der Waals surface area contributed by atoms with Gasteiger partial charge in [0.2, 0.25) is 0 Å². The fraction of sp³-hybridized carbons (Fsp3) is 0.0233. The van der Waals surface area contributed by atoms with Gasteiger partial charge in [0.1, 0.15) is 22.3 Å². The maximum atomic E-state index is 6.30. The number of rotatable bonds is 2. The van der Waals surface area contributed by atoms with Gasteiger partial charge < -0.3 is 8.83 Å². The molecule has 0 amide bonds. The predicted octanol–water partition coefficient (Wildman–Crippen LogP) is 12.1. The summed E-state index contributed by atoms with van der Waals surface area (Å²) in [6, 6.07) is 52.2. The van der Waals surface area contributed by atoms with Crippen LogP contribution in [-0.2, 0) is 6.42 Å². The van der Waals surface area contributed by atoms with E-state index in [9.17, 15) is 0 Å². The average molecular weight is 575 g/mol. The Hall–Kier alpha value is -5.86. The second kappa shape index (κ2) is 9.32. The van der Waals surface area contributed by atoms with E-state index in [0.717, 1.165) is 39.5 Å². The van der Waals surface area contributed by atoms with Crippen LogP contribution >= 0.6 is 0 Å². The van der Waals surface area contributed by atoms with E-state index in [0.29, 0.717) is 0 Å². The van der Waals surface area contributed by atoms with Crippen molar-refractivity contribution in [3.63, 3.8) is 0 Å². The molecule has 0 aliphatic heterocycles. The first kappa shape index (κ1) is 24.6. The normalized spacial score (nSPS) is 12.4. The summed E-state index contributed by atoms with van der Waals surface area (Å²) >= 11 is 0. The molecule has 9 aromatic rings. The van der Waals surface area contributed by atoms with Crippen LogP contribution < -0.4 is 0 Å². The number of furan rings is 2. The Kier molecular flexibility index (Phi) is 5.09. The Morgan fingerprint density at radius 3 is 1.56 bits per heavy atom. The first-order valence-corrected chi connectivity index (χ1v) is 15.5.